The second kappa shape index (κ2) is 7.24. The van der Waals surface area contributed by atoms with Crippen molar-refractivity contribution in [3.63, 3.8) is 0 Å². The molecular weight excluding hydrogens is 284 g/mol. The van der Waals surface area contributed by atoms with Crippen LogP contribution in [0.25, 0.3) is 0 Å². The number of halogens is 1. The molecule has 1 aromatic rings. The van der Waals surface area contributed by atoms with Crippen LogP contribution in [0.15, 0.2) is 17.5 Å². The van der Waals surface area contributed by atoms with E-state index in [1.807, 2.05) is 24.4 Å². The minimum Gasteiger partial charge on any atom is -0.368 e. The maximum absolute atomic E-state index is 12.4. The van der Waals surface area contributed by atoms with Gasteiger partial charge in [0, 0.05) is 12.0 Å². The lowest BCUT2D eigenvalue weighted by atomic mass is 9.91. The Kier molecular flexibility index (Phi) is 6.26. The molecule has 1 aliphatic heterocycles. The highest BCUT2D eigenvalue weighted by atomic mass is 35.5. The van der Waals surface area contributed by atoms with Crippen LogP contribution in [0.1, 0.15) is 30.7 Å². The van der Waals surface area contributed by atoms with Crippen LogP contribution in [0, 0.1) is 0 Å². The third-order valence-electron chi connectivity index (χ3n) is 3.53. The van der Waals surface area contributed by atoms with Crippen molar-refractivity contribution in [2.45, 2.75) is 31.4 Å². The summed E-state index contributed by atoms with van der Waals surface area (Å²) >= 11 is 1.66. The van der Waals surface area contributed by atoms with E-state index in [2.05, 4.69) is 10.6 Å². The Bertz CT molecular complexity index is 391. The number of hydrogen-bond donors (Lipinski definition) is 2. The van der Waals surface area contributed by atoms with Gasteiger partial charge in [-0.15, -0.1) is 23.7 Å². The van der Waals surface area contributed by atoms with E-state index < -0.39 is 5.60 Å². The number of ether oxygens (including phenoxy) is 1. The van der Waals surface area contributed by atoms with Gasteiger partial charge in [-0.1, -0.05) is 6.07 Å². The number of amides is 1. The largest absolute Gasteiger partial charge is 0.368 e. The average molecular weight is 305 g/mol. The maximum atomic E-state index is 12.4. The predicted molar refractivity (Wildman–Crippen MR) is 80.0 cm³/mol. The Labute approximate surface area is 124 Å². The summed E-state index contributed by atoms with van der Waals surface area (Å²) in [4.78, 5) is 13.6. The van der Waals surface area contributed by atoms with E-state index in [4.69, 9.17) is 4.74 Å². The topological polar surface area (TPSA) is 50.4 Å². The Morgan fingerprint density at radius 1 is 1.53 bits per heavy atom. The first kappa shape index (κ1) is 16.4. The molecule has 0 spiro atoms. The van der Waals surface area contributed by atoms with Crippen LogP contribution >= 0.6 is 23.7 Å². The molecule has 0 radical (unpaired) electrons. The fourth-order valence-electron chi connectivity index (χ4n) is 2.29. The van der Waals surface area contributed by atoms with Crippen LogP contribution in [0.2, 0.25) is 0 Å². The van der Waals surface area contributed by atoms with Crippen LogP contribution in [-0.4, -0.2) is 31.7 Å². The van der Waals surface area contributed by atoms with Gasteiger partial charge in [0.25, 0.3) is 5.91 Å². The molecule has 2 rings (SSSR count). The fourth-order valence-corrected chi connectivity index (χ4v) is 3.03. The molecule has 1 saturated heterocycles. The predicted octanol–water partition coefficient (Wildman–Crippen LogP) is 2.12. The molecule has 1 unspecified atom stereocenters. The molecule has 0 saturated carbocycles. The number of carbonyl (C=O) groups is 1. The van der Waals surface area contributed by atoms with Crippen molar-refractivity contribution in [3.8, 4) is 0 Å². The molecule has 2 heterocycles. The quantitative estimate of drug-likeness (QED) is 0.896. The molecule has 4 nitrogen and oxygen atoms in total. The standard InChI is InChI=1S/C13H20N2O2S.ClH/c1-10(11-4-3-9-18-11)15-12(16)13(17-2)5-7-14-8-6-13;/h3-4,9-10,14H,5-8H2,1-2H3,(H,15,16);1H. The van der Waals surface area contributed by atoms with Gasteiger partial charge in [-0.3, -0.25) is 4.79 Å². The number of rotatable bonds is 4. The average Bonchev–Trinajstić information content (AvgIpc) is 2.93. The molecule has 0 aromatic carbocycles. The smallest absolute Gasteiger partial charge is 0.252 e. The van der Waals surface area contributed by atoms with Gasteiger partial charge in [-0.05, 0) is 44.3 Å². The minimum atomic E-state index is -0.656. The highest BCUT2D eigenvalue weighted by molar-refractivity contribution is 7.10. The first-order valence-corrected chi connectivity index (χ1v) is 7.16. The molecular formula is C13H21ClN2O2S. The Balaban J connectivity index is 0.00000180. The molecule has 1 aliphatic rings. The third-order valence-corrected chi connectivity index (χ3v) is 4.59. The summed E-state index contributed by atoms with van der Waals surface area (Å²) in [6.07, 6.45) is 1.46. The summed E-state index contributed by atoms with van der Waals surface area (Å²) in [6.45, 7) is 3.66. The van der Waals surface area contributed by atoms with Gasteiger partial charge in [0.05, 0.1) is 6.04 Å². The summed E-state index contributed by atoms with van der Waals surface area (Å²) in [7, 11) is 1.63. The highest BCUT2D eigenvalue weighted by Crippen LogP contribution is 2.25. The van der Waals surface area contributed by atoms with Crippen molar-refractivity contribution >= 4 is 29.7 Å². The van der Waals surface area contributed by atoms with Gasteiger partial charge in [0.15, 0.2) is 0 Å². The molecule has 108 valence electrons. The first-order valence-electron chi connectivity index (χ1n) is 6.28. The van der Waals surface area contributed by atoms with Crippen LogP contribution in [0.5, 0.6) is 0 Å². The van der Waals surface area contributed by atoms with Gasteiger partial charge >= 0.3 is 0 Å². The van der Waals surface area contributed by atoms with E-state index in [1.54, 1.807) is 18.4 Å². The Hall–Kier alpha value is -0.620. The zero-order valence-electron chi connectivity index (χ0n) is 11.3. The molecule has 1 atom stereocenters. The molecule has 1 fully saturated rings. The molecule has 19 heavy (non-hydrogen) atoms. The first-order chi connectivity index (χ1) is 8.68. The van der Waals surface area contributed by atoms with E-state index in [1.165, 1.54) is 4.88 Å². The number of hydrogen-bond acceptors (Lipinski definition) is 4. The molecule has 0 bridgehead atoms. The summed E-state index contributed by atoms with van der Waals surface area (Å²) < 4.78 is 5.51. The van der Waals surface area contributed by atoms with Crippen molar-refractivity contribution in [1.29, 1.82) is 0 Å². The van der Waals surface area contributed by atoms with Gasteiger partial charge in [-0.25, -0.2) is 0 Å². The lowest BCUT2D eigenvalue weighted by Crippen LogP contribution is -2.54. The zero-order chi connectivity index (χ0) is 13.0. The summed E-state index contributed by atoms with van der Waals surface area (Å²) in [5.41, 5.74) is -0.656. The van der Waals surface area contributed by atoms with Gasteiger partial charge < -0.3 is 15.4 Å². The van der Waals surface area contributed by atoms with Crippen LogP contribution < -0.4 is 10.6 Å². The molecule has 1 aromatic heterocycles. The second-order valence-corrected chi connectivity index (χ2v) is 5.64. The number of piperidine rings is 1. The monoisotopic (exact) mass is 304 g/mol. The summed E-state index contributed by atoms with van der Waals surface area (Å²) in [6, 6.07) is 4.08. The van der Waals surface area contributed by atoms with E-state index in [0.29, 0.717) is 0 Å². The van der Waals surface area contributed by atoms with Gasteiger partial charge in [0.2, 0.25) is 0 Å². The Morgan fingerprint density at radius 3 is 2.74 bits per heavy atom. The van der Waals surface area contributed by atoms with Crippen LogP contribution in [-0.2, 0) is 9.53 Å². The highest BCUT2D eigenvalue weighted by Gasteiger charge is 2.40. The lowest BCUT2D eigenvalue weighted by Gasteiger charge is -2.35. The second-order valence-electron chi connectivity index (χ2n) is 4.66. The molecule has 0 aliphatic carbocycles. The van der Waals surface area contributed by atoms with E-state index in [-0.39, 0.29) is 24.4 Å². The fraction of sp³-hybridized carbons (Fsp3) is 0.615. The van der Waals surface area contributed by atoms with E-state index in [9.17, 15) is 4.79 Å². The van der Waals surface area contributed by atoms with Crippen LogP contribution in [0.3, 0.4) is 0 Å². The summed E-state index contributed by atoms with van der Waals surface area (Å²) in [5.74, 6) is 0.00685. The number of carbonyl (C=O) groups excluding carboxylic acids is 1. The maximum Gasteiger partial charge on any atom is 0.252 e. The lowest BCUT2D eigenvalue weighted by molar-refractivity contribution is -0.147. The van der Waals surface area contributed by atoms with Crippen molar-refractivity contribution in [2.75, 3.05) is 20.2 Å². The molecule has 2 N–H and O–H groups in total. The Morgan fingerprint density at radius 2 is 2.21 bits per heavy atom. The number of nitrogens with one attached hydrogen (secondary N) is 2. The third kappa shape index (κ3) is 3.69. The summed E-state index contributed by atoms with van der Waals surface area (Å²) in [5, 5.41) is 8.34. The normalized spacial score (nSPS) is 19.3. The van der Waals surface area contributed by atoms with Gasteiger partial charge in [0.1, 0.15) is 5.60 Å². The van der Waals surface area contributed by atoms with E-state index in [0.717, 1.165) is 25.9 Å². The molecule has 1 amide bonds. The molecule has 6 heteroatoms. The van der Waals surface area contributed by atoms with Gasteiger partial charge in [-0.2, -0.15) is 0 Å². The van der Waals surface area contributed by atoms with Crippen molar-refractivity contribution in [2.24, 2.45) is 0 Å². The van der Waals surface area contributed by atoms with Crippen molar-refractivity contribution in [3.05, 3.63) is 22.4 Å². The minimum absolute atomic E-state index is 0. The van der Waals surface area contributed by atoms with Crippen molar-refractivity contribution < 1.29 is 9.53 Å². The number of methoxy groups -OCH3 is 1. The SMILES string of the molecule is COC1(C(=O)NC(C)c2cccs2)CCNCC1.Cl. The van der Waals surface area contributed by atoms with E-state index >= 15 is 0 Å². The van der Waals surface area contributed by atoms with Crippen LogP contribution in [0.4, 0.5) is 0 Å². The zero-order valence-corrected chi connectivity index (χ0v) is 12.9. The number of thiophene rings is 1. The van der Waals surface area contributed by atoms with Crippen molar-refractivity contribution in [1.82, 2.24) is 10.6 Å².